The molecule has 1 fully saturated rings. The summed E-state index contributed by atoms with van der Waals surface area (Å²) in [4.78, 5) is 18.3. The fourth-order valence-corrected chi connectivity index (χ4v) is 2.97. The molecule has 1 aliphatic carbocycles. The topological polar surface area (TPSA) is 44.7 Å². The fraction of sp³-hybridized carbons (Fsp3) is 0.556. The molecule has 0 atom stereocenters. The van der Waals surface area contributed by atoms with E-state index >= 15 is 0 Å². The Hall–Kier alpha value is -1.84. The number of hydrogen-bond acceptors (Lipinski definition) is 2. The number of benzene rings is 1. The van der Waals surface area contributed by atoms with E-state index in [1.165, 1.54) is 32.1 Å². The molecule has 4 nitrogen and oxygen atoms in total. The van der Waals surface area contributed by atoms with Crippen LogP contribution in [0.2, 0.25) is 0 Å². The van der Waals surface area contributed by atoms with Crippen LogP contribution >= 0.6 is 0 Å². The molecule has 1 saturated carbocycles. The van der Waals surface area contributed by atoms with Crippen molar-refractivity contribution >= 4 is 23.1 Å². The van der Waals surface area contributed by atoms with Crippen LogP contribution in [0.5, 0.6) is 0 Å². The van der Waals surface area contributed by atoms with Crippen LogP contribution in [0, 0.1) is 5.92 Å². The molecule has 1 aromatic rings. The van der Waals surface area contributed by atoms with Gasteiger partial charge in [-0.2, -0.15) is 0 Å². The minimum Gasteiger partial charge on any atom is -0.334 e. The summed E-state index contributed by atoms with van der Waals surface area (Å²) < 4.78 is 0. The van der Waals surface area contributed by atoms with Gasteiger partial charge in [0.15, 0.2) is 0 Å². The van der Waals surface area contributed by atoms with Gasteiger partial charge in [-0.05, 0) is 49.9 Å². The molecule has 0 bridgehead atoms. The second-order valence-electron chi connectivity index (χ2n) is 6.13. The Labute approximate surface area is 133 Å². The van der Waals surface area contributed by atoms with Crippen molar-refractivity contribution in [1.29, 1.82) is 0 Å². The number of amidine groups is 1. The highest BCUT2D eigenvalue weighted by Gasteiger charge is 2.17. The minimum atomic E-state index is 0.138. The molecule has 120 valence electrons. The van der Waals surface area contributed by atoms with Crippen molar-refractivity contribution in [1.82, 2.24) is 0 Å². The average molecular weight is 301 g/mol. The summed E-state index contributed by atoms with van der Waals surface area (Å²) in [5.41, 5.74) is 1.93. The Morgan fingerprint density at radius 1 is 1.23 bits per heavy atom. The molecule has 22 heavy (non-hydrogen) atoms. The Kier molecular flexibility index (Phi) is 5.99. The molecule has 0 heterocycles. The van der Waals surface area contributed by atoms with Crippen LogP contribution in [0.1, 0.15) is 45.4 Å². The zero-order valence-corrected chi connectivity index (χ0v) is 13.9. The van der Waals surface area contributed by atoms with Gasteiger partial charge in [-0.25, -0.2) is 0 Å². The molecule has 0 aliphatic heterocycles. The van der Waals surface area contributed by atoms with Crippen LogP contribution in [-0.2, 0) is 4.79 Å². The maximum atomic E-state index is 12.1. The smallest absolute Gasteiger partial charge is 0.224 e. The predicted molar refractivity (Wildman–Crippen MR) is 93.7 cm³/mol. The van der Waals surface area contributed by atoms with Crippen LogP contribution in [0.15, 0.2) is 29.3 Å². The van der Waals surface area contributed by atoms with E-state index in [2.05, 4.69) is 10.3 Å². The number of aliphatic imine (C=N–C) groups is 1. The Balaban J connectivity index is 1.89. The number of amides is 1. The lowest BCUT2D eigenvalue weighted by atomic mass is 9.87. The van der Waals surface area contributed by atoms with Crippen molar-refractivity contribution in [2.75, 3.05) is 24.3 Å². The van der Waals surface area contributed by atoms with Crippen molar-refractivity contribution in [3.63, 3.8) is 0 Å². The highest BCUT2D eigenvalue weighted by molar-refractivity contribution is 5.96. The normalized spacial score (nSPS) is 16.4. The maximum Gasteiger partial charge on any atom is 0.224 e. The largest absolute Gasteiger partial charge is 0.334 e. The van der Waals surface area contributed by atoms with Crippen LogP contribution < -0.4 is 10.2 Å². The quantitative estimate of drug-likeness (QED) is 0.672. The molecular formula is C18H27N3O. The molecule has 0 spiro atoms. The zero-order chi connectivity index (χ0) is 15.9. The maximum absolute atomic E-state index is 12.1. The number of rotatable bonds is 4. The van der Waals surface area contributed by atoms with E-state index in [1.807, 2.05) is 43.1 Å². The summed E-state index contributed by atoms with van der Waals surface area (Å²) in [6, 6.07) is 7.91. The third-order valence-corrected chi connectivity index (χ3v) is 4.55. The lowest BCUT2D eigenvalue weighted by Crippen LogP contribution is -2.23. The first kappa shape index (κ1) is 16.5. The summed E-state index contributed by atoms with van der Waals surface area (Å²) in [5, 5.41) is 3.01. The van der Waals surface area contributed by atoms with Crippen LogP contribution in [0.3, 0.4) is 0 Å². The number of nitrogens with zero attached hydrogens (tertiary/aromatic N) is 2. The molecule has 1 N–H and O–H groups in total. The fourth-order valence-electron chi connectivity index (χ4n) is 2.97. The lowest BCUT2D eigenvalue weighted by molar-refractivity contribution is -0.117. The lowest BCUT2D eigenvalue weighted by Gasteiger charge is -2.21. The predicted octanol–water partition coefficient (Wildman–Crippen LogP) is 4.08. The van der Waals surface area contributed by atoms with Crippen molar-refractivity contribution < 1.29 is 4.79 Å². The van der Waals surface area contributed by atoms with E-state index in [0.717, 1.165) is 17.2 Å². The number of nitrogens with one attached hydrogen (secondary N) is 1. The van der Waals surface area contributed by atoms with Gasteiger partial charge < -0.3 is 10.2 Å². The summed E-state index contributed by atoms with van der Waals surface area (Å²) >= 11 is 0. The number of hydrogen-bond donors (Lipinski definition) is 1. The molecule has 1 aliphatic rings. The SMILES string of the molecule is CN=C(C)N(C)c1ccc(NC(=O)CC2CCCCC2)cc1. The third-order valence-electron chi connectivity index (χ3n) is 4.55. The molecule has 2 rings (SSSR count). The molecule has 1 aromatic carbocycles. The third kappa shape index (κ3) is 4.58. The molecule has 0 unspecified atom stereocenters. The van der Waals surface area contributed by atoms with Gasteiger partial charge in [0.25, 0.3) is 0 Å². The average Bonchev–Trinajstić information content (AvgIpc) is 2.55. The van der Waals surface area contributed by atoms with Gasteiger partial charge in [-0.15, -0.1) is 0 Å². The van der Waals surface area contributed by atoms with E-state index in [0.29, 0.717) is 12.3 Å². The monoisotopic (exact) mass is 301 g/mol. The summed E-state index contributed by atoms with van der Waals surface area (Å²) in [5.74, 6) is 1.66. The van der Waals surface area contributed by atoms with Gasteiger partial charge in [0, 0.05) is 31.9 Å². The number of carbonyl (C=O) groups excluding carboxylic acids is 1. The zero-order valence-electron chi connectivity index (χ0n) is 13.9. The summed E-state index contributed by atoms with van der Waals surface area (Å²) in [6.07, 6.45) is 6.94. The van der Waals surface area contributed by atoms with Crippen LogP contribution in [0.4, 0.5) is 11.4 Å². The van der Waals surface area contributed by atoms with Gasteiger partial charge in [0.1, 0.15) is 0 Å². The van der Waals surface area contributed by atoms with Gasteiger partial charge in [0.2, 0.25) is 5.91 Å². The van der Waals surface area contributed by atoms with E-state index in [4.69, 9.17) is 0 Å². The van der Waals surface area contributed by atoms with Crippen molar-refractivity contribution in [2.24, 2.45) is 10.9 Å². The molecular weight excluding hydrogens is 274 g/mol. The van der Waals surface area contributed by atoms with Crippen molar-refractivity contribution in [2.45, 2.75) is 45.4 Å². The first-order valence-corrected chi connectivity index (χ1v) is 8.17. The minimum absolute atomic E-state index is 0.138. The number of carbonyl (C=O) groups is 1. The van der Waals surface area contributed by atoms with Crippen molar-refractivity contribution in [3.05, 3.63) is 24.3 Å². The van der Waals surface area contributed by atoms with E-state index < -0.39 is 0 Å². The van der Waals surface area contributed by atoms with E-state index in [9.17, 15) is 4.79 Å². The number of anilines is 2. The second kappa shape index (κ2) is 7.97. The van der Waals surface area contributed by atoms with Crippen molar-refractivity contribution in [3.8, 4) is 0 Å². The first-order chi connectivity index (χ1) is 10.6. The van der Waals surface area contributed by atoms with Gasteiger partial charge >= 0.3 is 0 Å². The van der Waals surface area contributed by atoms with Gasteiger partial charge in [-0.1, -0.05) is 19.3 Å². The highest BCUT2D eigenvalue weighted by Crippen LogP contribution is 2.26. The standard InChI is InChI=1S/C18H27N3O/c1-14(19-2)21(3)17-11-9-16(10-12-17)20-18(22)13-15-7-5-4-6-8-15/h9-12,15H,4-8,13H2,1-3H3,(H,20,22). The van der Waals surface area contributed by atoms with E-state index in [1.54, 1.807) is 7.05 Å². The highest BCUT2D eigenvalue weighted by atomic mass is 16.1. The Morgan fingerprint density at radius 2 is 1.86 bits per heavy atom. The molecule has 1 amide bonds. The van der Waals surface area contributed by atoms with Crippen LogP contribution in [-0.4, -0.2) is 25.8 Å². The van der Waals surface area contributed by atoms with Gasteiger partial charge in [0.05, 0.1) is 5.84 Å². The Bertz CT molecular complexity index is 516. The van der Waals surface area contributed by atoms with Gasteiger partial charge in [-0.3, -0.25) is 9.79 Å². The van der Waals surface area contributed by atoms with E-state index in [-0.39, 0.29) is 5.91 Å². The molecule has 0 radical (unpaired) electrons. The second-order valence-corrected chi connectivity index (χ2v) is 6.13. The molecule has 0 saturated heterocycles. The summed E-state index contributed by atoms with van der Waals surface area (Å²) in [7, 11) is 3.77. The summed E-state index contributed by atoms with van der Waals surface area (Å²) in [6.45, 7) is 1.97. The Morgan fingerprint density at radius 3 is 2.45 bits per heavy atom. The molecule has 0 aromatic heterocycles. The first-order valence-electron chi connectivity index (χ1n) is 8.17. The van der Waals surface area contributed by atoms with Crippen LogP contribution in [0.25, 0.3) is 0 Å². The molecule has 4 heteroatoms.